The van der Waals surface area contributed by atoms with Crippen molar-refractivity contribution in [3.05, 3.63) is 45.1 Å². The molecule has 2 bridgehead atoms. The van der Waals surface area contributed by atoms with Gasteiger partial charge >= 0.3 is 29.8 Å². The first-order valence-corrected chi connectivity index (χ1v) is 18.6. The number of rotatable bonds is 0. The summed E-state index contributed by atoms with van der Waals surface area (Å²) in [6, 6.07) is 0. The number of aliphatic hydroxyl groups is 4. The number of esters is 5. The third-order valence-electron chi connectivity index (χ3n) is 15.6. The fraction of sp³-hybridized carbons (Fsp3) is 0.667. The van der Waals surface area contributed by atoms with Gasteiger partial charge in [-0.05, 0) is 85.8 Å². The summed E-state index contributed by atoms with van der Waals surface area (Å²) in [4.78, 5) is 66.3. The quantitative estimate of drug-likeness (QED) is 0.202. The van der Waals surface area contributed by atoms with Crippen LogP contribution in [-0.4, -0.2) is 98.8 Å². The fourth-order valence-corrected chi connectivity index (χ4v) is 13.2. The number of ether oxygens (including phenoxy) is 5. The largest absolute Gasteiger partial charge is 0.461 e. The molecule has 3 heterocycles. The number of aliphatic hydroxyl groups excluding tert-OH is 1. The molecule has 10 rings (SSSR count). The molecule has 0 amide bonds. The molecule has 10 aliphatic rings. The molecule has 1 spiro atoms. The smallest absolute Gasteiger partial charge is 0.338 e. The van der Waals surface area contributed by atoms with E-state index in [1.807, 2.05) is 6.92 Å². The maximum absolute atomic E-state index is 14.4. The Hall–Kier alpha value is -3.85. The fourth-order valence-electron chi connectivity index (χ4n) is 13.2. The molecule has 0 aromatic heterocycles. The predicted molar refractivity (Wildman–Crippen MR) is 174 cm³/mol. The summed E-state index contributed by atoms with van der Waals surface area (Å²) in [5.41, 5.74) is -5.72. The molecular formula is C39H42O14. The minimum Gasteiger partial charge on any atom is -0.461 e. The van der Waals surface area contributed by atoms with E-state index in [1.165, 1.54) is 19.9 Å². The van der Waals surface area contributed by atoms with Crippen LogP contribution >= 0.6 is 0 Å². The van der Waals surface area contributed by atoms with Crippen LogP contribution in [0.5, 0.6) is 0 Å². The first kappa shape index (κ1) is 33.7. The molecule has 53 heavy (non-hydrogen) atoms. The Morgan fingerprint density at radius 3 is 2.21 bits per heavy atom. The van der Waals surface area contributed by atoms with Crippen molar-refractivity contribution in [2.75, 3.05) is 19.8 Å². The van der Waals surface area contributed by atoms with Gasteiger partial charge in [-0.15, -0.1) is 0 Å². The van der Waals surface area contributed by atoms with E-state index in [-0.39, 0.29) is 90.4 Å². The number of carbonyl (C=O) groups excluding carboxylic acids is 5. The third kappa shape index (κ3) is 3.67. The van der Waals surface area contributed by atoms with E-state index in [4.69, 9.17) is 23.7 Å². The molecule has 0 saturated heterocycles. The van der Waals surface area contributed by atoms with E-state index in [0.717, 1.165) is 0 Å². The van der Waals surface area contributed by atoms with Crippen molar-refractivity contribution in [1.29, 1.82) is 0 Å². The van der Waals surface area contributed by atoms with E-state index in [1.54, 1.807) is 6.92 Å². The molecule has 3 aliphatic heterocycles. The van der Waals surface area contributed by atoms with Gasteiger partial charge in [-0.3, -0.25) is 9.59 Å². The number of carbonyl (C=O) groups is 5. The lowest BCUT2D eigenvalue weighted by molar-refractivity contribution is -0.244. The molecule has 14 nitrogen and oxygen atoms in total. The van der Waals surface area contributed by atoms with Crippen molar-refractivity contribution in [1.82, 2.24) is 0 Å². The van der Waals surface area contributed by atoms with Crippen LogP contribution in [0.15, 0.2) is 45.1 Å². The van der Waals surface area contributed by atoms with E-state index in [2.05, 4.69) is 0 Å². The summed E-state index contributed by atoms with van der Waals surface area (Å²) in [6.07, 6.45) is 0.362. The topological polar surface area (TPSA) is 212 Å². The zero-order valence-corrected chi connectivity index (χ0v) is 29.9. The van der Waals surface area contributed by atoms with Gasteiger partial charge in [-0.25, -0.2) is 14.4 Å². The van der Waals surface area contributed by atoms with Crippen molar-refractivity contribution >= 4 is 29.8 Å². The maximum atomic E-state index is 14.4. The van der Waals surface area contributed by atoms with Crippen molar-refractivity contribution in [3.63, 3.8) is 0 Å². The average molecular weight is 735 g/mol. The van der Waals surface area contributed by atoms with Gasteiger partial charge in [0.2, 0.25) is 0 Å². The zero-order valence-electron chi connectivity index (χ0n) is 29.9. The molecule has 13 atom stereocenters. The van der Waals surface area contributed by atoms with Crippen LogP contribution in [0.1, 0.15) is 66.2 Å². The molecule has 5 fully saturated rings. The standard InChI is InChI=1S/C39H42O14/c1-15-7-8-49-25(40)5-6-26(41)50-13-17-18-11-23-34(3,19-9-22(19)37(23,47)14-51-30(15)42)24-12-36(46)21-10-20(21)35(4)29(36)28(38(18,24)52-32(17)44)27-16(2)31(43)53-39(27,48)33(35)45/h7,19-24,33,45-48H,5-6,8-14H2,1-4H3/b15-7-/t19-,20-,21+,22+,23-,24+,33-,34+,35+,36+,37+,38+,39+/m1/s1. The van der Waals surface area contributed by atoms with Gasteiger partial charge in [-0.2, -0.15) is 0 Å². The second-order valence-corrected chi connectivity index (χ2v) is 17.6. The molecule has 0 unspecified atom stereocenters. The van der Waals surface area contributed by atoms with Crippen LogP contribution < -0.4 is 0 Å². The first-order valence-electron chi connectivity index (χ1n) is 18.6. The average Bonchev–Trinajstić information content (AvgIpc) is 4.01. The molecule has 282 valence electrons. The van der Waals surface area contributed by atoms with Crippen molar-refractivity contribution in [3.8, 4) is 0 Å². The highest BCUT2D eigenvalue weighted by atomic mass is 16.7. The highest BCUT2D eigenvalue weighted by molar-refractivity contribution is 5.98. The Morgan fingerprint density at radius 2 is 1.47 bits per heavy atom. The summed E-state index contributed by atoms with van der Waals surface area (Å²) >= 11 is 0. The van der Waals surface area contributed by atoms with Crippen LogP contribution in [0.3, 0.4) is 0 Å². The SMILES string of the molecule is CC1=C2C3=C4[C@](C)([C@@H]5C[C@@H]5[C@@]4(O)C[C@@H]4[C@]35OC(=O)C3=C5C[C@H]5[C@](O)(COC(=O)/C(C)=C\COC(=O)CCC(=O)OC3)[C@H]3C[C@H]3[C@]45C)[C@@H](O)[C@@]2(O)OC1=O. The lowest BCUT2D eigenvalue weighted by Gasteiger charge is -2.64. The highest BCUT2D eigenvalue weighted by Crippen LogP contribution is 2.84. The van der Waals surface area contributed by atoms with Gasteiger partial charge in [0.15, 0.2) is 5.60 Å². The normalized spacial score (nSPS) is 51.7. The molecule has 5 saturated carbocycles. The zero-order chi connectivity index (χ0) is 37.6. The summed E-state index contributed by atoms with van der Waals surface area (Å²) in [5.74, 6) is -8.71. The minimum atomic E-state index is -2.51. The van der Waals surface area contributed by atoms with Gasteiger partial charge in [0.25, 0.3) is 5.79 Å². The van der Waals surface area contributed by atoms with Crippen LogP contribution in [0.25, 0.3) is 0 Å². The molecule has 4 N–H and O–H groups in total. The number of hydrogen-bond acceptors (Lipinski definition) is 14. The first-order chi connectivity index (χ1) is 24.9. The molecule has 0 radical (unpaired) electrons. The lowest BCUT2D eigenvalue weighted by atomic mass is 9.42. The Labute approximate surface area is 303 Å². The van der Waals surface area contributed by atoms with Crippen molar-refractivity contribution < 1.29 is 68.1 Å². The van der Waals surface area contributed by atoms with Crippen LogP contribution in [0.4, 0.5) is 0 Å². The second kappa shape index (κ2) is 9.87. The van der Waals surface area contributed by atoms with Gasteiger partial charge in [0.05, 0.1) is 24.0 Å². The van der Waals surface area contributed by atoms with Crippen LogP contribution in [0, 0.1) is 46.3 Å². The number of cyclic esters (lactones) is 3. The van der Waals surface area contributed by atoms with Crippen molar-refractivity contribution in [2.45, 2.75) is 94.9 Å². The lowest BCUT2D eigenvalue weighted by Crippen LogP contribution is -2.69. The van der Waals surface area contributed by atoms with Gasteiger partial charge in [0.1, 0.15) is 31.5 Å². The van der Waals surface area contributed by atoms with Crippen molar-refractivity contribution in [2.24, 2.45) is 46.3 Å². The molecule has 0 aromatic rings. The van der Waals surface area contributed by atoms with E-state index in [0.29, 0.717) is 24.0 Å². The molecule has 14 heteroatoms. The van der Waals surface area contributed by atoms with E-state index >= 15 is 0 Å². The Balaban J connectivity index is 1.21. The van der Waals surface area contributed by atoms with E-state index in [9.17, 15) is 44.4 Å². The second-order valence-electron chi connectivity index (χ2n) is 17.6. The Kier molecular flexibility index (Phi) is 6.27. The monoisotopic (exact) mass is 734 g/mol. The van der Waals surface area contributed by atoms with Crippen LogP contribution in [-0.2, 0) is 47.7 Å². The summed E-state index contributed by atoms with van der Waals surface area (Å²) in [6.45, 7) is 5.65. The Morgan fingerprint density at radius 1 is 0.774 bits per heavy atom. The van der Waals surface area contributed by atoms with Gasteiger partial charge in [0, 0.05) is 39.5 Å². The van der Waals surface area contributed by atoms with Gasteiger partial charge < -0.3 is 44.1 Å². The Bertz CT molecular complexity index is 2020. The number of fused-ring (bicyclic) bond motifs is 9. The molecule has 0 aromatic carbocycles. The third-order valence-corrected chi connectivity index (χ3v) is 15.6. The summed E-state index contributed by atoms with van der Waals surface area (Å²) in [7, 11) is 0. The van der Waals surface area contributed by atoms with E-state index < -0.39 is 87.8 Å². The highest BCUT2D eigenvalue weighted by Gasteiger charge is 2.87. The molecule has 7 aliphatic carbocycles. The maximum Gasteiger partial charge on any atom is 0.338 e. The molecular weight excluding hydrogens is 692 g/mol. The summed E-state index contributed by atoms with van der Waals surface area (Å²) < 4.78 is 28.8. The van der Waals surface area contributed by atoms with Crippen LogP contribution in [0.2, 0.25) is 0 Å². The predicted octanol–water partition coefficient (Wildman–Crippen LogP) is 0.995. The minimum absolute atomic E-state index is 0.00694. The summed E-state index contributed by atoms with van der Waals surface area (Å²) in [5, 5.41) is 50.2. The number of hydrogen-bond donors (Lipinski definition) is 4. The van der Waals surface area contributed by atoms with Gasteiger partial charge in [-0.1, -0.05) is 13.8 Å².